The molecule has 0 bridgehead atoms. The van der Waals surface area contributed by atoms with E-state index in [0.717, 1.165) is 6.92 Å². The second-order valence-corrected chi connectivity index (χ2v) is 14.6. The Bertz CT molecular complexity index is 1590. The number of benzene rings is 2. The van der Waals surface area contributed by atoms with Gasteiger partial charge in [0, 0.05) is 23.0 Å². The smallest absolute Gasteiger partial charge is 0.442 e. The summed E-state index contributed by atoms with van der Waals surface area (Å²) < 4.78 is 115. The molecule has 0 aliphatic rings. The molecule has 1 unspecified atom stereocenters. The van der Waals surface area contributed by atoms with Gasteiger partial charge in [-0.1, -0.05) is 29.8 Å². The van der Waals surface area contributed by atoms with Gasteiger partial charge in [0.15, 0.2) is 0 Å². The molecule has 2 aromatic rings. The molecule has 17 heteroatoms. The van der Waals surface area contributed by atoms with Gasteiger partial charge in [0.05, 0.1) is 31.6 Å². The quantitative estimate of drug-likeness (QED) is 0.289. The molecule has 0 fully saturated rings. The lowest BCUT2D eigenvalue weighted by atomic mass is 9.92. The van der Waals surface area contributed by atoms with Crippen molar-refractivity contribution < 1.29 is 54.1 Å². The molecule has 3 amide bonds. The minimum absolute atomic E-state index is 0.212. The van der Waals surface area contributed by atoms with Crippen LogP contribution in [0, 0.1) is 6.92 Å². The topological polar surface area (TPSA) is 114 Å². The second kappa shape index (κ2) is 12.8. The summed E-state index contributed by atoms with van der Waals surface area (Å²) in [6.07, 6.45) is -12.5. The molecule has 0 aliphatic carbocycles. The van der Waals surface area contributed by atoms with E-state index in [1.54, 1.807) is 20.8 Å². The lowest BCUT2D eigenvalue weighted by Crippen LogP contribution is -2.50. The van der Waals surface area contributed by atoms with Gasteiger partial charge in [-0.2, -0.15) is 26.3 Å². The fraction of sp³-hybridized carbons (Fsp3) is 0.464. The van der Waals surface area contributed by atoms with Crippen molar-refractivity contribution in [1.29, 1.82) is 0 Å². The van der Waals surface area contributed by atoms with Gasteiger partial charge in [0.2, 0.25) is 0 Å². The Morgan fingerprint density at radius 2 is 1.47 bits per heavy atom. The van der Waals surface area contributed by atoms with Crippen molar-refractivity contribution in [3.8, 4) is 0 Å². The first kappa shape index (κ1) is 37.8. The van der Waals surface area contributed by atoms with E-state index in [1.165, 1.54) is 38.3 Å². The number of nitrogens with zero attached hydrogens (tertiary/aromatic N) is 1. The summed E-state index contributed by atoms with van der Waals surface area (Å²) in [4.78, 5) is 38.6. The molecule has 250 valence electrons. The Morgan fingerprint density at radius 3 is 1.96 bits per heavy atom. The van der Waals surface area contributed by atoms with Crippen LogP contribution in [-0.2, 0) is 20.1 Å². The summed E-state index contributed by atoms with van der Waals surface area (Å²) in [7, 11) is -3.25. The van der Waals surface area contributed by atoms with Crippen LogP contribution in [0.3, 0.4) is 0 Å². The number of anilines is 1. The van der Waals surface area contributed by atoms with Gasteiger partial charge in [0.25, 0.3) is 11.8 Å². The van der Waals surface area contributed by atoms with Crippen molar-refractivity contribution in [2.24, 2.45) is 4.36 Å². The highest BCUT2D eigenvalue weighted by atomic mass is 35.5. The molecule has 2 rings (SSSR count). The van der Waals surface area contributed by atoms with Crippen molar-refractivity contribution in [3.05, 3.63) is 63.7 Å². The van der Waals surface area contributed by atoms with E-state index in [9.17, 15) is 49.3 Å². The summed E-state index contributed by atoms with van der Waals surface area (Å²) in [5, 5.41) is 4.62. The molecule has 0 spiro atoms. The molecular formula is C28H31ClF7N3O5S. The highest BCUT2D eigenvalue weighted by Gasteiger charge is 2.73. The first-order chi connectivity index (χ1) is 20.1. The van der Waals surface area contributed by atoms with Gasteiger partial charge in [-0.05, 0) is 65.3 Å². The molecule has 1 atom stereocenters. The van der Waals surface area contributed by atoms with Crippen LogP contribution in [0.15, 0.2) is 40.8 Å². The number of alkyl halides is 7. The second-order valence-electron chi connectivity index (χ2n) is 11.8. The Morgan fingerprint density at radius 1 is 0.911 bits per heavy atom. The van der Waals surface area contributed by atoms with Crippen LogP contribution in [0.1, 0.15) is 66.5 Å². The number of nitrogens with one attached hydrogen (secondary N) is 2. The van der Waals surface area contributed by atoms with Gasteiger partial charge >= 0.3 is 24.1 Å². The summed E-state index contributed by atoms with van der Waals surface area (Å²) in [5.74, 6) is -2.30. The number of aryl methyl sites for hydroxylation is 1. The number of carbonyl (C=O) groups is 3. The monoisotopic (exact) mass is 689 g/mol. The predicted octanol–water partition coefficient (Wildman–Crippen LogP) is 7.73. The fourth-order valence-corrected chi connectivity index (χ4v) is 6.27. The van der Waals surface area contributed by atoms with Gasteiger partial charge in [-0.3, -0.25) is 9.59 Å². The molecule has 0 aromatic heterocycles. The SMILES string of the molecule is Cc1cc(C(F)(C(F)(F)F)C(F)(F)F)ccc1NC(=O)c1cccc(Cl)c1C(=O)NC(C)(C)CS(C)(=O)=NC(=O)OC(C)(C)C. The number of rotatable bonds is 7. The van der Waals surface area contributed by atoms with Crippen LogP contribution in [0.2, 0.25) is 5.02 Å². The zero-order chi connectivity index (χ0) is 35.0. The molecule has 0 radical (unpaired) electrons. The number of hydrogen-bond donors (Lipinski definition) is 2. The third kappa shape index (κ3) is 9.31. The number of amides is 3. The molecule has 0 heterocycles. The minimum Gasteiger partial charge on any atom is -0.442 e. The van der Waals surface area contributed by atoms with Gasteiger partial charge in [0.1, 0.15) is 5.60 Å². The number of carbonyl (C=O) groups excluding carboxylic acids is 3. The minimum atomic E-state index is -6.33. The Kier molecular flexibility index (Phi) is 10.7. The van der Waals surface area contributed by atoms with Crippen molar-refractivity contribution in [1.82, 2.24) is 5.32 Å². The predicted molar refractivity (Wildman–Crippen MR) is 155 cm³/mol. The molecule has 45 heavy (non-hydrogen) atoms. The average molecular weight is 690 g/mol. The van der Waals surface area contributed by atoms with Gasteiger partial charge in [-0.25, -0.2) is 13.4 Å². The third-order valence-electron chi connectivity index (χ3n) is 5.88. The first-order valence-electron chi connectivity index (χ1n) is 12.9. The zero-order valence-electron chi connectivity index (χ0n) is 25.1. The lowest BCUT2D eigenvalue weighted by Gasteiger charge is -2.30. The number of ether oxygens (including phenoxy) is 1. The van der Waals surface area contributed by atoms with Gasteiger partial charge in [-0.15, -0.1) is 4.36 Å². The standard InChI is InChI=1S/C28H31ClF7N3O5S/c1-15-13-16(26(30,27(31,32)33)28(34,35)36)11-12-19(15)37-21(40)17-9-8-10-18(29)20(17)22(41)38-25(5,6)14-45(7,43)39-23(42)44-24(2,3)4/h8-13H,14H2,1-7H3,(H,37,40)(H,38,41). The van der Waals surface area contributed by atoms with Crippen LogP contribution in [0.4, 0.5) is 41.2 Å². The van der Waals surface area contributed by atoms with E-state index in [1.807, 2.05) is 0 Å². The third-order valence-corrected chi connectivity index (χ3v) is 7.99. The molecule has 2 N–H and O–H groups in total. The van der Waals surface area contributed by atoms with E-state index in [-0.39, 0.29) is 39.2 Å². The number of hydrogen-bond acceptors (Lipinski definition) is 5. The maximum atomic E-state index is 14.5. The maximum Gasteiger partial charge on any atom is 0.442 e. The highest BCUT2D eigenvalue weighted by Crippen LogP contribution is 2.53. The molecule has 0 saturated carbocycles. The Balaban J connectivity index is 2.38. The van der Waals surface area contributed by atoms with Crippen molar-refractivity contribution in [2.45, 2.75) is 70.7 Å². The van der Waals surface area contributed by atoms with E-state index in [0.29, 0.717) is 12.1 Å². The van der Waals surface area contributed by atoms with Gasteiger partial charge < -0.3 is 15.4 Å². The summed E-state index contributed by atoms with van der Waals surface area (Å²) in [5.41, 5.74) is -11.0. The molecule has 2 aromatic carbocycles. The Hall–Kier alpha value is -3.40. The largest absolute Gasteiger partial charge is 0.442 e. The average Bonchev–Trinajstić information content (AvgIpc) is 2.80. The van der Waals surface area contributed by atoms with E-state index < -0.39 is 62.4 Å². The van der Waals surface area contributed by atoms with E-state index in [2.05, 4.69) is 15.0 Å². The summed E-state index contributed by atoms with van der Waals surface area (Å²) in [6.45, 7) is 8.74. The lowest BCUT2D eigenvalue weighted by molar-refractivity contribution is -0.348. The molecular weight excluding hydrogens is 659 g/mol. The van der Waals surface area contributed by atoms with Crippen molar-refractivity contribution >= 4 is 44.9 Å². The van der Waals surface area contributed by atoms with E-state index in [4.69, 9.17) is 16.3 Å². The maximum absolute atomic E-state index is 14.5. The molecule has 0 aliphatic heterocycles. The van der Waals surface area contributed by atoms with Crippen LogP contribution in [0.5, 0.6) is 0 Å². The summed E-state index contributed by atoms with van der Waals surface area (Å²) in [6, 6.07) is 4.95. The van der Waals surface area contributed by atoms with E-state index >= 15 is 0 Å². The fourth-order valence-electron chi connectivity index (χ4n) is 4.19. The van der Waals surface area contributed by atoms with Crippen LogP contribution in [0.25, 0.3) is 0 Å². The van der Waals surface area contributed by atoms with Crippen LogP contribution in [-0.4, -0.2) is 57.6 Å². The normalized spacial score (nSPS) is 14.3. The number of halogens is 8. The van der Waals surface area contributed by atoms with Crippen LogP contribution >= 0.6 is 11.6 Å². The van der Waals surface area contributed by atoms with Crippen LogP contribution < -0.4 is 10.6 Å². The highest BCUT2D eigenvalue weighted by molar-refractivity contribution is 7.93. The molecule has 8 nitrogen and oxygen atoms in total. The summed E-state index contributed by atoms with van der Waals surface area (Å²) >= 11 is 6.22. The first-order valence-corrected chi connectivity index (χ1v) is 15.4. The molecule has 0 saturated heterocycles. The zero-order valence-corrected chi connectivity index (χ0v) is 26.7. The Labute approximate surface area is 260 Å². The van der Waals surface area contributed by atoms with Crippen molar-refractivity contribution in [2.75, 3.05) is 17.3 Å². The van der Waals surface area contributed by atoms with Crippen molar-refractivity contribution in [3.63, 3.8) is 0 Å².